The highest BCUT2D eigenvalue weighted by Crippen LogP contribution is 2.23. The monoisotopic (exact) mass is 239 g/mol. The Bertz CT molecular complexity index is 305. The second kappa shape index (κ2) is 5.20. The van der Waals surface area contributed by atoms with Crippen LogP contribution in [0.5, 0.6) is 0 Å². The Hall–Kier alpha value is -0.600. The van der Waals surface area contributed by atoms with Crippen LogP contribution in [-0.4, -0.2) is 6.54 Å². The maximum atomic E-state index is 5.44. The Morgan fingerprint density at radius 3 is 2.77 bits per heavy atom. The van der Waals surface area contributed by atoms with Gasteiger partial charge in [-0.3, -0.25) is 0 Å². The van der Waals surface area contributed by atoms with Crippen molar-refractivity contribution in [2.24, 2.45) is 5.73 Å². The van der Waals surface area contributed by atoms with Gasteiger partial charge in [0.2, 0.25) is 0 Å². The Balaban J connectivity index is 2.88. The SMILES string of the molecule is CC(=CCCN)c1ccccc1Br. The highest BCUT2D eigenvalue weighted by Gasteiger charge is 1.98. The summed E-state index contributed by atoms with van der Waals surface area (Å²) >= 11 is 3.52. The van der Waals surface area contributed by atoms with E-state index in [2.05, 4.69) is 41.1 Å². The van der Waals surface area contributed by atoms with Gasteiger partial charge in [-0.15, -0.1) is 0 Å². The molecule has 0 spiro atoms. The molecule has 0 fully saturated rings. The van der Waals surface area contributed by atoms with E-state index in [1.807, 2.05) is 12.1 Å². The van der Waals surface area contributed by atoms with Gasteiger partial charge in [0, 0.05) is 4.47 Å². The van der Waals surface area contributed by atoms with Crippen molar-refractivity contribution in [3.63, 3.8) is 0 Å². The normalized spacial score (nSPS) is 11.8. The molecule has 0 aliphatic heterocycles. The lowest BCUT2D eigenvalue weighted by atomic mass is 10.1. The summed E-state index contributed by atoms with van der Waals surface area (Å²) in [6, 6.07) is 8.21. The van der Waals surface area contributed by atoms with E-state index in [4.69, 9.17) is 5.73 Å². The fourth-order valence-electron chi connectivity index (χ4n) is 1.19. The minimum absolute atomic E-state index is 0.710. The molecule has 0 amide bonds. The molecule has 70 valence electrons. The van der Waals surface area contributed by atoms with Gasteiger partial charge in [0.1, 0.15) is 0 Å². The predicted molar refractivity (Wildman–Crippen MR) is 61.5 cm³/mol. The number of rotatable bonds is 3. The number of hydrogen-bond donors (Lipinski definition) is 1. The molecule has 0 heterocycles. The summed E-state index contributed by atoms with van der Waals surface area (Å²) in [7, 11) is 0. The Morgan fingerprint density at radius 1 is 1.46 bits per heavy atom. The number of halogens is 1. The predicted octanol–water partition coefficient (Wildman–Crippen LogP) is 3.20. The summed E-state index contributed by atoms with van der Waals surface area (Å²) < 4.78 is 1.14. The lowest BCUT2D eigenvalue weighted by Gasteiger charge is -2.03. The van der Waals surface area contributed by atoms with Gasteiger partial charge in [-0.2, -0.15) is 0 Å². The van der Waals surface area contributed by atoms with E-state index in [-0.39, 0.29) is 0 Å². The molecule has 1 aromatic rings. The molecule has 0 atom stereocenters. The van der Waals surface area contributed by atoms with Gasteiger partial charge >= 0.3 is 0 Å². The third kappa shape index (κ3) is 2.98. The van der Waals surface area contributed by atoms with E-state index < -0.39 is 0 Å². The molecule has 2 N–H and O–H groups in total. The summed E-state index contributed by atoms with van der Waals surface area (Å²) in [5.74, 6) is 0. The van der Waals surface area contributed by atoms with E-state index in [1.165, 1.54) is 11.1 Å². The zero-order chi connectivity index (χ0) is 9.68. The second-order valence-corrected chi connectivity index (χ2v) is 3.80. The molecule has 0 saturated heterocycles. The fourth-order valence-corrected chi connectivity index (χ4v) is 1.79. The van der Waals surface area contributed by atoms with Crippen LogP contribution < -0.4 is 5.73 Å². The maximum absolute atomic E-state index is 5.44. The summed E-state index contributed by atoms with van der Waals surface area (Å²) in [6.45, 7) is 2.82. The van der Waals surface area contributed by atoms with E-state index in [9.17, 15) is 0 Å². The van der Waals surface area contributed by atoms with E-state index in [0.29, 0.717) is 6.54 Å². The zero-order valence-corrected chi connectivity index (χ0v) is 9.34. The van der Waals surface area contributed by atoms with Crippen LogP contribution in [0.3, 0.4) is 0 Å². The van der Waals surface area contributed by atoms with Crippen molar-refractivity contribution < 1.29 is 0 Å². The number of nitrogens with two attached hydrogens (primary N) is 1. The molecule has 0 aliphatic carbocycles. The van der Waals surface area contributed by atoms with Crippen molar-refractivity contribution in [2.75, 3.05) is 6.54 Å². The number of allylic oxidation sites excluding steroid dienone is 1. The topological polar surface area (TPSA) is 26.0 Å². The van der Waals surface area contributed by atoms with Gasteiger partial charge < -0.3 is 5.73 Å². The first-order valence-corrected chi connectivity index (χ1v) is 5.16. The van der Waals surface area contributed by atoms with Crippen molar-refractivity contribution in [1.82, 2.24) is 0 Å². The quantitative estimate of drug-likeness (QED) is 0.862. The zero-order valence-electron chi connectivity index (χ0n) is 7.76. The second-order valence-electron chi connectivity index (χ2n) is 2.94. The van der Waals surface area contributed by atoms with Crippen LogP contribution in [0.15, 0.2) is 34.8 Å². The highest BCUT2D eigenvalue weighted by atomic mass is 79.9. The fraction of sp³-hybridized carbons (Fsp3) is 0.273. The van der Waals surface area contributed by atoms with Gasteiger partial charge in [0.25, 0.3) is 0 Å². The van der Waals surface area contributed by atoms with Gasteiger partial charge in [-0.05, 0) is 37.1 Å². The first-order valence-electron chi connectivity index (χ1n) is 4.37. The molecular weight excluding hydrogens is 226 g/mol. The summed E-state index contributed by atoms with van der Waals surface area (Å²) in [4.78, 5) is 0. The third-order valence-corrected chi connectivity index (χ3v) is 2.61. The van der Waals surface area contributed by atoms with Crippen molar-refractivity contribution in [3.05, 3.63) is 40.4 Å². The van der Waals surface area contributed by atoms with Crippen LogP contribution in [0.4, 0.5) is 0 Å². The summed E-state index contributed by atoms with van der Waals surface area (Å²) in [5, 5.41) is 0. The minimum atomic E-state index is 0.710. The van der Waals surface area contributed by atoms with Crippen LogP contribution in [0.1, 0.15) is 18.9 Å². The van der Waals surface area contributed by atoms with Crippen molar-refractivity contribution in [2.45, 2.75) is 13.3 Å². The lowest BCUT2D eigenvalue weighted by molar-refractivity contribution is 1.01. The van der Waals surface area contributed by atoms with Gasteiger partial charge in [0.05, 0.1) is 0 Å². The van der Waals surface area contributed by atoms with Crippen LogP contribution in [0.2, 0.25) is 0 Å². The van der Waals surface area contributed by atoms with E-state index >= 15 is 0 Å². The highest BCUT2D eigenvalue weighted by molar-refractivity contribution is 9.10. The van der Waals surface area contributed by atoms with E-state index in [0.717, 1.165) is 10.9 Å². The van der Waals surface area contributed by atoms with Gasteiger partial charge in [-0.1, -0.05) is 40.2 Å². The molecular formula is C11H14BrN. The Labute approximate surface area is 87.8 Å². The molecule has 0 bridgehead atoms. The smallest absolute Gasteiger partial charge is 0.0250 e. The number of benzene rings is 1. The molecule has 13 heavy (non-hydrogen) atoms. The van der Waals surface area contributed by atoms with Crippen molar-refractivity contribution in [1.29, 1.82) is 0 Å². The van der Waals surface area contributed by atoms with Crippen LogP contribution in [0, 0.1) is 0 Å². The molecule has 0 aromatic heterocycles. The maximum Gasteiger partial charge on any atom is 0.0250 e. The molecule has 0 radical (unpaired) electrons. The van der Waals surface area contributed by atoms with Crippen molar-refractivity contribution >= 4 is 21.5 Å². The number of hydrogen-bond acceptors (Lipinski definition) is 1. The molecule has 1 rings (SSSR count). The van der Waals surface area contributed by atoms with Crippen LogP contribution in [-0.2, 0) is 0 Å². The van der Waals surface area contributed by atoms with Gasteiger partial charge in [0.15, 0.2) is 0 Å². The van der Waals surface area contributed by atoms with E-state index in [1.54, 1.807) is 0 Å². The molecule has 1 nitrogen and oxygen atoms in total. The Morgan fingerprint density at radius 2 is 2.15 bits per heavy atom. The standard InChI is InChI=1S/C11H14BrN/c1-9(5-4-8-13)10-6-2-3-7-11(10)12/h2-3,5-7H,4,8,13H2,1H3. The molecule has 0 aliphatic rings. The average molecular weight is 240 g/mol. The minimum Gasteiger partial charge on any atom is -0.330 e. The first-order chi connectivity index (χ1) is 6.25. The average Bonchev–Trinajstić information content (AvgIpc) is 2.15. The molecule has 2 heteroatoms. The summed E-state index contributed by atoms with van der Waals surface area (Å²) in [6.07, 6.45) is 3.10. The van der Waals surface area contributed by atoms with Gasteiger partial charge in [-0.25, -0.2) is 0 Å². The van der Waals surface area contributed by atoms with Crippen molar-refractivity contribution in [3.8, 4) is 0 Å². The lowest BCUT2D eigenvalue weighted by Crippen LogP contribution is -1.96. The first kappa shape index (κ1) is 10.5. The largest absolute Gasteiger partial charge is 0.330 e. The molecule has 0 saturated carbocycles. The van der Waals surface area contributed by atoms with Crippen LogP contribution >= 0.6 is 15.9 Å². The summed E-state index contributed by atoms with van der Waals surface area (Å²) in [5.41, 5.74) is 7.96. The molecule has 1 aromatic carbocycles. The third-order valence-electron chi connectivity index (χ3n) is 1.92. The molecule has 0 unspecified atom stereocenters. The Kier molecular flexibility index (Phi) is 4.19. The van der Waals surface area contributed by atoms with Crippen LogP contribution in [0.25, 0.3) is 5.57 Å².